The molecule has 0 spiro atoms. The lowest BCUT2D eigenvalue weighted by Crippen LogP contribution is -2.58. The maximum absolute atomic E-state index is 14.8. The Morgan fingerprint density at radius 3 is 2.58 bits per heavy atom. The number of piperidine rings is 1. The van der Waals surface area contributed by atoms with Crippen LogP contribution in [0.1, 0.15) is 30.5 Å². The average Bonchev–Trinajstić information content (AvgIpc) is 3.36. The Bertz CT molecular complexity index is 1470. The zero-order valence-corrected chi connectivity index (χ0v) is 25.8. The van der Waals surface area contributed by atoms with Crippen molar-refractivity contribution in [3.8, 4) is 0 Å². The lowest BCUT2D eigenvalue weighted by atomic mass is 10.0. The molecule has 45 heavy (non-hydrogen) atoms. The minimum Gasteiger partial charge on any atom is -0.370 e. The van der Waals surface area contributed by atoms with E-state index in [1.54, 1.807) is 35.0 Å². The summed E-state index contributed by atoms with van der Waals surface area (Å²) >= 11 is 6.56. The van der Waals surface area contributed by atoms with Crippen molar-refractivity contribution in [2.45, 2.75) is 50.4 Å². The van der Waals surface area contributed by atoms with Gasteiger partial charge in [0.1, 0.15) is 11.9 Å². The Labute approximate surface area is 262 Å². The summed E-state index contributed by atoms with van der Waals surface area (Å²) in [4.78, 5) is 47.9. The number of halogens is 6. The number of pyridine rings is 1. The number of hydrogen-bond donors (Lipinski definition) is 1. The standard InChI is InChI=1S/C30H34ClF5N6O3/c1-5-25(43)38-23-11-12-41(17-29(23,32)33)14-13-39(3)27-20(31)7-6-8-21(27)40(4)28(45)22-9-10-26(44)42(22)24-16-19(30(34,35)36)15-18(2)37-24/h5-8,15-16,22-23H,1,9-14,17H2,2-4H3,(H,38,43). The number of para-hydroxylation sites is 1. The number of aryl methyl sites for hydroxylation is 1. The molecule has 2 aromatic rings. The van der Waals surface area contributed by atoms with Gasteiger partial charge in [-0.25, -0.2) is 13.8 Å². The van der Waals surface area contributed by atoms with E-state index in [0.29, 0.717) is 17.9 Å². The zero-order valence-electron chi connectivity index (χ0n) is 25.0. The second-order valence-electron chi connectivity index (χ2n) is 11.2. The normalized spacial score (nSPS) is 20.2. The molecular weight excluding hydrogens is 623 g/mol. The van der Waals surface area contributed by atoms with E-state index in [4.69, 9.17) is 11.6 Å². The number of carbonyl (C=O) groups excluding carboxylic acids is 3. The van der Waals surface area contributed by atoms with Crippen LogP contribution in [0.5, 0.6) is 0 Å². The Morgan fingerprint density at radius 1 is 1.22 bits per heavy atom. The van der Waals surface area contributed by atoms with E-state index in [1.807, 2.05) is 0 Å². The first-order chi connectivity index (χ1) is 21.0. The Balaban J connectivity index is 1.51. The van der Waals surface area contributed by atoms with Gasteiger partial charge in [0.2, 0.25) is 17.7 Å². The highest BCUT2D eigenvalue weighted by molar-refractivity contribution is 6.34. The molecule has 2 fully saturated rings. The fourth-order valence-electron chi connectivity index (χ4n) is 5.65. The van der Waals surface area contributed by atoms with Crippen LogP contribution in [0.3, 0.4) is 0 Å². The molecule has 2 aliphatic rings. The lowest BCUT2D eigenvalue weighted by molar-refractivity contribution is -0.137. The van der Waals surface area contributed by atoms with Crippen molar-refractivity contribution in [2.24, 2.45) is 0 Å². The van der Waals surface area contributed by atoms with Gasteiger partial charge >= 0.3 is 6.18 Å². The first-order valence-corrected chi connectivity index (χ1v) is 14.6. The van der Waals surface area contributed by atoms with Crippen molar-refractivity contribution in [2.75, 3.05) is 55.0 Å². The van der Waals surface area contributed by atoms with E-state index in [9.17, 15) is 36.3 Å². The monoisotopic (exact) mass is 656 g/mol. The van der Waals surface area contributed by atoms with E-state index in [0.717, 1.165) is 23.1 Å². The van der Waals surface area contributed by atoms with Crippen molar-refractivity contribution in [3.63, 3.8) is 0 Å². The van der Waals surface area contributed by atoms with Gasteiger partial charge in [0.05, 0.1) is 34.5 Å². The number of rotatable bonds is 9. The maximum Gasteiger partial charge on any atom is 0.416 e. The summed E-state index contributed by atoms with van der Waals surface area (Å²) in [5.41, 5.74) is -0.148. The summed E-state index contributed by atoms with van der Waals surface area (Å²) < 4.78 is 70.0. The van der Waals surface area contributed by atoms with Gasteiger partial charge in [-0.2, -0.15) is 13.2 Å². The van der Waals surface area contributed by atoms with E-state index in [-0.39, 0.29) is 48.9 Å². The summed E-state index contributed by atoms with van der Waals surface area (Å²) in [6, 6.07) is 4.07. The highest BCUT2D eigenvalue weighted by Gasteiger charge is 2.45. The van der Waals surface area contributed by atoms with Gasteiger partial charge in [0, 0.05) is 45.8 Å². The maximum atomic E-state index is 14.8. The largest absolute Gasteiger partial charge is 0.416 e. The molecule has 1 aromatic heterocycles. The Morgan fingerprint density at radius 2 is 1.93 bits per heavy atom. The first kappa shape index (κ1) is 34.1. The second-order valence-corrected chi connectivity index (χ2v) is 11.6. The molecule has 4 rings (SSSR count). The molecule has 1 aromatic carbocycles. The van der Waals surface area contributed by atoms with Gasteiger partial charge in [-0.15, -0.1) is 0 Å². The number of amides is 3. The van der Waals surface area contributed by atoms with E-state index in [1.165, 1.54) is 18.9 Å². The Kier molecular flexibility index (Phi) is 10.1. The lowest BCUT2D eigenvalue weighted by Gasteiger charge is -2.39. The second kappa shape index (κ2) is 13.3. The third kappa shape index (κ3) is 7.55. The van der Waals surface area contributed by atoms with Crippen LogP contribution in [0.15, 0.2) is 43.0 Å². The van der Waals surface area contributed by atoms with Crippen molar-refractivity contribution in [1.29, 1.82) is 0 Å². The summed E-state index contributed by atoms with van der Waals surface area (Å²) in [6.07, 6.45) is -3.66. The Hall–Kier alpha value is -3.78. The number of nitrogens with zero attached hydrogens (tertiary/aromatic N) is 5. The van der Waals surface area contributed by atoms with Crippen molar-refractivity contribution in [3.05, 3.63) is 59.3 Å². The quantitative estimate of drug-likeness (QED) is 0.312. The molecule has 2 unspecified atom stereocenters. The number of benzene rings is 1. The number of anilines is 3. The molecule has 2 atom stereocenters. The third-order valence-corrected chi connectivity index (χ3v) is 8.29. The average molecular weight is 657 g/mol. The number of alkyl halides is 5. The SMILES string of the molecule is C=CC(=O)NC1CCN(CCN(C)c2c(Cl)cccc2N(C)C(=O)C2CCC(=O)N2c2cc(C(F)(F)F)cc(C)n2)CC1(F)F. The molecular formula is C30H34ClF5N6O3. The predicted octanol–water partition coefficient (Wildman–Crippen LogP) is 4.67. The highest BCUT2D eigenvalue weighted by Crippen LogP contribution is 2.38. The summed E-state index contributed by atoms with van der Waals surface area (Å²) in [5.74, 6) is -5.16. The summed E-state index contributed by atoms with van der Waals surface area (Å²) in [5, 5.41) is 2.56. The molecule has 244 valence electrons. The summed E-state index contributed by atoms with van der Waals surface area (Å²) in [6.45, 7) is 4.89. The smallest absolute Gasteiger partial charge is 0.370 e. The number of hydrogen-bond acceptors (Lipinski definition) is 6. The molecule has 0 bridgehead atoms. The van der Waals surface area contributed by atoms with Gasteiger partial charge in [0.25, 0.3) is 5.92 Å². The van der Waals surface area contributed by atoms with Crippen molar-refractivity contribution >= 4 is 46.5 Å². The van der Waals surface area contributed by atoms with Gasteiger partial charge in [-0.3, -0.25) is 24.2 Å². The van der Waals surface area contributed by atoms with Crippen LogP contribution in [-0.2, 0) is 20.6 Å². The van der Waals surface area contributed by atoms with Crippen LogP contribution in [0.25, 0.3) is 0 Å². The minimum absolute atomic E-state index is 0.0429. The van der Waals surface area contributed by atoms with Gasteiger partial charge in [-0.1, -0.05) is 24.2 Å². The molecule has 0 aliphatic carbocycles. The predicted molar refractivity (Wildman–Crippen MR) is 161 cm³/mol. The third-order valence-electron chi connectivity index (χ3n) is 7.98. The zero-order chi connectivity index (χ0) is 33.3. The first-order valence-electron chi connectivity index (χ1n) is 14.2. The van der Waals surface area contributed by atoms with Gasteiger partial charge in [-0.05, 0) is 50.1 Å². The minimum atomic E-state index is -4.67. The molecule has 3 heterocycles. The van der Waals surface area contributed by atoms with Crippen LogP contribution in [-0.4, -0.2) is 85.9 Å². The van der Waals surface area contributed by atoms with Crippen LogP contribution >= 0.6 is 11.6 Å². The number of likely N-dealkylation sites (tertiary alicyclic amines) is 1. The molecule has 2 aliphatic heterocycles. The van der Waals surface area contributed by atoms with Crippen molar-refractivity contribution < 1.29 is 36.3 Å². The molecule has 0 saturated carbocycles. The molecule has 2 saturated heterocycles. The van der Waals surface area contributed by atoms with E-state index >= 15 is 0 Å². The molecule has 3 amide bonds. The van der Waals surface area contributed by atoms with E-state index in [2.05, 4.69) is 16.9 Å². The van der Waals surface area contributed by atoms with Crippen LogP contribution in [0.4, 0.5) is 39.1 Å². The number of likely N-dealkylation sites (N-methyl/N-ethyl adjacent to an activating group) is 2. The van der Waals surface area contributed by atoms with Crippen LogP contribution in [0, 0.1) is 6.92 Å². The number of aromatic nitrogens is 1. The summed E-state index contributed by atoms with van der Waals surface area (Å²) in [7, 11) is 3.17. The van der Waals surface area contributed by atoms with Crippen molar-refractivity contribution in [1.82, 2.24) is 15.2 Å². The fraction of sp³-hybridized carbons (Fsp3) is 0.467. The number of carbonyl (C=O) groups is 3. The van der Waals surface area contributed by atoms with E-state index < -0.39 is 54.0 Å². The topological polar surface area (TPSA) is 89.1 Å². The van der Waals surface area contributed by atoms with Crippen LogP contribution in [0.2, 0.25) is 5.02 Å². The van der Waals surface area contributed by atoms with Gasteiger partial charge in [0.15, 0.2) is 0 Å². The molecule has 1 N–H and O–H groups in total. The van der Waals surface area contributed by atoms with Crippen LogP contribution < -0.4 is 20.0 Å². The van der Waals surface area contributed by atoms with Gasteiger partial charge < -0.3 is 15.1 Å². The fourth-order valence-corrected chi connectivity index (χ4v) is 5.96. The number of nitrogens with one attached hydrogen (secondary N) is 1. The molecule has 9 nitrogen and oxygen atoms in total. The molecule has 15 heteroatoms. The molecule has 0 radical (unpaired) electrons. The highest BCUT2D eigenvalue weighted by atomic mass is 35.5.